The van der Waals surface area contributed by atoms with Crippen molar-refractivity contribution in [2.45, 2.75) is 70.4 Å². The van der Waals surface area contributed by atoms with Crippen LogP contribution in [-0.4, -0.2) is 54.4 Å². The van der Waals surface area contributed by atoms with Gasteiger partial charge in [-0.25, -0.2) is 4.79 Å². The molecule has 3 N–H and O–H groups in total. The molecule has 0 radical (unpaired) electrons. The summed E-state index contributed by atoms with van der Waals surface area (Å²) < 4.78 is 0. The quantitative estimate of drug-likeness (QED) is 0.704. The van der Waals surface area contributed by atoms with Crippen LogP contribution in [0.25, 0.3) is 0 Å². The van der Waals surface area contributed by atoms with E-state index in [2.05, 4.69) is 15.5 Å². The minimum Gasteiger partial charge on any atom is -0.393 e. The summed E-state index contributed by atoms with van der Waals surface area (Å²) in [6.07, 6.45) is 9.41. The molecule has 2 rings (SSSR count). The number of rotatable bonds is 6. The molecular formula is C17H33N3O2. The maximum Gasteiger partial charge on any atom is 0.315 e. The van der Waals surface area contributed by atoms with Gasteiger partial charge in [0, 0.05) is 32.2 Å². The summed E-state index contributed by atoms with van der Waals surface area (Å²) in [6, 6.07) is 0.209. The maximum absolute atomic E-state index is 11.8. The zero-order chi connectivity index (χ0) is 15.8. The molecule has 2 aliphatic rings. The number of hydrogen-bond donors (Lipinski definition) is 3. The second kappa shape index (κ2) is 9.36. The Morgan fingerprint density at radius 3 is 2.50 bits per heavy atom. The van der Waals surface area contributed by atoms with Crippen LogP contribution >= 0.6 is 0 Å². The van der Waals surface area contributed by atoms with E-state index in [9.17, 15) is 9.90 Å². The number of carbonyl (C=O) groups excluding carboxylic acids is 1. The summed E-state index contributed by atoms with van der Waals surface area (Å²) in [5.74, 6) is 0.905. The minimum atomic E-state index is -0.358. The average molecular weight is 311 g/mol. The summed E-state index contributed by atoms with van der Waals surface area (Å²) in [5, 5.41) is 15.0. The van der Waals surface area contributed by atoms with E-state index in [0.29, 0.717) is 19.0 Å². The normalized spacial score (nSPS) is 23.2. The van der Waals surface area contributed by atoms with Gasteiger partial charge in [0.25, 0.3) is 0 Å². The Hall–Kier alpha value is -0.810. The lowest BCUT2D eigenvalue weighted by molar-refractivity contribution is 0.155. The van der Waals surface area contributed by atoms with Crippen LogP contribution in [0, 0.1) is 5.92 Å². The topological polar surface area (TPSA) is 64.6 Å². The van der Waals surface area contributed by atoms with Gasteiger partial charge in [-0.3, -0.25) is 0 Å². The summed E-state index contributed by atoms with van der Waals surface area (Å²) in [5.41, 5.74) is 0. The minimum absolute atomic E-state index is 0.0913. The fraction of sp³-hybridized carbons (Fsp3) is 0.941. The van der Waals surface area contributed by atoms with Crippen molar-refractivity contribution in [3.63, 3.8) is 0 Å². The van der Waals surface area contributed by atoms with Gasteiger partial charge in [-0.2, -0.15) is 0 Å². The molecule has 1 unspecified atom stereocenters. The lowest BCUT2D eigenvalue weighted by atomic mass is 9.88. The fourth-order valence-corrected chi connectivity index (χ4v) is 3.63. The number of amides is 2. The smallest absolute Gasteiger partial charge is 0.315 e. The molecule has 0 aromatic rings. The van der Waals surface area contributed by atoms with E-state index in [1.165, 1.54) is 38.6 Å². The van der Waals surface area contributed by atoms with E-state index < -0.39 is 0 Å². The third kappa shape index (κ3) is 6.53. The lowest BCUT2D eigenvalue weighted by Gasteiger charge is -2.35. The highest BCUT2D eigenvalue weighted by Gasteiger charge is 2.23. The Labute approximate surface area is 134 Å². The van der Waals surface area contributed by atoms with Gasteiger partial charge in [0.05, 0.1) is 6.10 Å². The van der Waals surface area contributed by atoms with Gasteiger partial charge in [-0.1, -0.05) is 19.3 Å². The summed E-state index contributed by atoms with van der Waals surface area (Å²) in [6.45, 7) is 5.74. The highest BCUT2D eigenvalue weighted by Crippen LogP contribution is 2.25. The molecule has 128 valence electrons. The highest BCUT2D eigenvalue weighted by atomic mass is 16.3. The van der Waals surface area contributed by atoms with Crippen LogP contribution in [0.5, 0.6) is 0 Å². The fourth-order valence-electron chi connectivity index (χ4n) is 3.63. The molecule has 0 aromatic carbocycles. The molecule has 5 nitrogen and oxygen atoms in total. The molecule has 1 atom stereocenters. The summed E-state index contributed by atoms with van der Waals surface area (Å²) >= 11 is 0. The van der Waals surface area contributed by atoms with Crippen LogP contribution in [0.3, 0.4) is 0 Å². The van der Waals surface area contributed by atoms with Crippen molar-refractivity contribution in [3.8, 4) is 0 Å². The van der Waals surface area contributed by atoms with Gasteiger partial charge in [-0.05, 0) is 44.9 Å². The highest BCUT2D eigenvalue weighted by molar-refractivity contribution is 5.74. The van der Waals surface area contributed by atoms with Crippen molar-refractivity contribution in [1.82, 2.24) is 15.5 Å². The number of carbonyl (C=O) groups is 1. The molecule has 0 aromatic heterocycles. The first-order chi connectivity index (χ1) is 10.6. The number of piperidine rings is 1. The standard InChI is InChI=1S/C17H33N3O2/c1-14(21)7-10-18-17(22)19-16-8-11-20(12-9-16)13-15-5-3-2-4-6-15/h14-16,21H,2-13H2,1H3,(H2,18,19,22). The number of urea groups is 1. The van der Waals surface area contributed by atoms with Crippen molar-refractivity contribution in [3.05, 3.63) is 0 Å². The summed E-state index contributed by atoms with van der Waals surface area (Å²) in [4.78, 5) is 14.4. The SMILES string of the molecule is CC(O)CCNC(=O)NC1CCN(CC2CCCCC2)CC1. The molecule has 2 amide bonds. The van der Waals surface area contributed by atoms with Gasteiger partial charge in [-0.15, -0.1) is 0 Å². The number of aliphatic hydroxyl groups excluding tert-OH is 1. The monoisotopic (exact) mass is 311 g/mol. The Kier molecular flexibility index (Phi) is 7.46. The lowest BCUT2D eigenvalue weighted by Crippen LogP contribution is -2.48. The van der Waals surface area contributed by atoms with Gasteiger partial charge in [0.15, 0.2) is 0 Å². The summed E-state index contributed by atoms with van der Waals surface area (Å²) in [7, 11) is 0. The molecule has 2 fully saturated rings. The van der Waals surface area contributed by atoms with Crippen molar-refractivity contribution in [1.29, 1.82) is 0 Å². The zero-order valence-electron chi connectivity index (χ0n) is 14.0. The molecule has 22 heavy (non-hydrogen) atoms. The predicted octanol–water partition coefficient (Wildman–Crippen LogP) is 2.10. The van der Waals surface area contributed by atoms with E-state index >= 15 is 0 Å². The first-order valence-electron chi connectivity index (χ1n) is 9.08. The predicted molar refractivity (Wildman–Crippen MR) is 88.9 cm³/mol. The average Bonchev–Trinajstić information content (AvgIpc) is 2.50. The molecule has 1 aliphatic heterocycles. The van der Waals surface area contributed by atoms with Crippen molar-refractivity contribution >= 4 is 6.03 Å². The number of aliphatic hydroxyl groups is 1. The van der Waals surface area contributed by atoms with Gasteiger partial charge >= 0.3 is 6.03 Å². The largest absolute Gasteiger partial charge is 0.393 e. The Morgan fingerprint density at radius 1 is 1.18 bits per heavy atom. The van der Waals surface area contributed by atoms with Crippen molar-refractivity contribution in [2.24, 2.45) is 5.92 Å². The molecule has 1 saturated heterocycles. The van der Waals surface area contributed by atoms with Crippen LogP contribution in [0.1, 0.15) is 58.3 Å². The van der Waals surface area contributed by atoms with E-state index in [-0.39, 0.29) is 12.1 Å². The van der Waals surface area contributed by atoms with Gasteiger partial charge in [0.1, 0.15) is 0 Å². The molecule has 0 spiro atoms. The Bertz CT molecular complexity index is 322. The second-order valence-electron chi connectivity index (χ2n) is 7.12. The molecular weight excluding hydrogens is 278 g/mol. The number of nitrogens with zero attached hydrogens (tertiary/aromatic N) is 1. The number of likely N-dealkylation sites (tertiary alicyclic amines) is 1. The van der Waals surface area contributed by atoms with E-state index in [1.54, 1.807) is 6.92 Å². The number of hydrogen-bond acceptors (Lipinski definition) is 3. The molecule has 5 heteroatoms. The van der Waals surface area contributed by atoms with E-state index in [4.69, 9.17) is 0 Å². The molecule has 1 aliphatic carbocycles. The van der Waals surface area contributed by atoms with E-state index in [1.807, 2.05) is 0 Å². The van der Waals surface area contributed by atoms with Gasteiger partial charge in [0.2, 0.25) is 0 Å². The van der Waals surface area contributed by atoms with Crippen LogP contribution < -0.4 is 10.6 Å². The third-order valence-electron chi connectivity index (χ3n) is 5.01. The van der Waals surface area contributed by atoms with Crippen LogP contribution in [0.4, 0.5) is 4.79 Å². The van der Waals surface area contributed by atoms with E-state index in [0.717, 1.165) is 31.8 Å². The van der Waals surface area contributed by atoms with Crippen molar-refractivity contribution in [2.75, 3.05) is 26.2 Å². The zero-order valence-corrected chi connectivity index (χ0v) is 14.0. The van der Waals surface area contributed by atoms with Gasteiger partial charge < -0.3 is 20.6 Å². The Balaban J connectivity index is 1.57. The second-order valence-corrected chi connectivity index (χ2v) is 7.12. The Morgan fingerprint density at radius 2 is 1.86 bits per heavy atom. The molecule has 0 bridgehead atoms. The third-order valence-corrected chi connectivity index (χ3v) is 5.01. The first-order valence-corrected chi connectivity index (χ1v) is 9.08. The van der Waals surface area contributed by atoms with Crippen LogP contribution in [0.15, 0.2) is 0 Å². The van der Waals surface area contributed by atoms with Crippen LogP contribution in [-0.2, 0) is 0 Å². The number of nitrogens with one attached hydrogen (secondary N) is 2. The van der Waals surface area contributed by atoms with Crippen LogP contribution in [0.2, 0.25) is 0 Å². The molecule has 1 heterocycles. The van der Waals surface area contributed by atoms with Crippen molar-refractivity contribution < 1.29 is 9.90 Å². The molecule has 1 saturated carbocycles. The maximum atomic E-state index is 11.8. The first kappa shape index (κ1) is 17.5.